The molecule has 3 N–H and O–H groups in total. The van der Waals surface area contributed by atoms with Crippen LogP contribution in [0.4, 0.5) is 5.69 Å². The van der Waals surface area contributed by atoms with Crippen molar-refractivity contribution in [3.05, 3.63) is 40.1 Å². The second kappa shape index (κ2) is 5.20. The number of anilines is 1. The first-order chi connectivity index (χ1) is 8.16. The number of hydrogen-bond acceptors (Lipinski definition) is 5. The van der Waals surface area contributed by atoms with Gasteiger partial charge in [0.1, 0.15) is 4.99 Å². The Hall–Kier alpha value is -1.53. The fourth-order valence-electron chi connectivity index (χ4n) is 1.42. The van der Waals surface area contributed by atoms with E-state index in [9.17, 15) is 0 Å². The second-order valence-electron chi connectivity index (χ2n) is 3.48. The van der Waals surface area contributed by atoms with Crippen molar-refractivity contribution in [2.45, 2.75) is 13.5 Å². The maximum Gasteiger partial charge on any atom is 0.106 e. The molecule has 2 aromatic heterocycles. The molecule has 0 saturated heterocycles. The van der Waals surface area contributed by atoms with Gasteiger partial charge < -0.3 is 11.1 Å². The smallest absolute Gasteiger partial charge is 0.106 e. The van der Waals surface area contributed by atoms with Gasteiger partial charge in [0.25, 0.3) is 0 Å². The Morgan fingerprint density at radius 2 is 2.35 bits per heavy atom. The molecule has 0 aliphatic rings. The van der Waals surface area contributed by atoms with E-state index in [1.165, 1.54) is 4.88 Å². The van der Waals surface area contributed by atoms with Gasteiger partial charge in [-0.1, -0.05) is 12.2 Å². The lowest BCUT2D eigenvalue weighted by Crippen LogP contribution is -2.13. The van der Waals surface area contributed by atoms with E-state index in [-0.39, 0.29) is 0 Å². The molecule has 0 spiro atoms. The van der Waals surface area contributed by atoms with Gasteiger partial charge in [0.05, 0.1) is 23.4 Å². The summed E-state index contributed by atoms with van der Waals surface area (Å²) < 4.78 is 0. The minimum atomic E-state index is 0.371. The summed E-state index contributed by atoms with van der Waals surface area (Å²) in [7, 11) is 0. The molecule has 0 unspecified atom stereocenters. The van der Waals surface area contributed by atoms with E-state index >= 15 is 0 Å². The van der Waals surface area contributed by atoms with Crippen molar-refractivity contribution >= 4 is 34.2 Å². The summed E-state index contributed by atoms with van der Waals surface area (Å²) in [5.74, 6) is 0. The predicted octanol–water partition coefficient (Wildman–Crippen LogP) is 2.09. The summed E-state index contributed by atoms with van der Waals surface area (Å²) in [6.07, 6.45) is 5.27. The highest BCUT2D eigenvalue weighted by Crippen LogP contribution is 2.17. The number of rotatable bonds is 4. The molecule has 6 heteroatoms. The van der Waals surface area contributed by atoms with E-state index < -0.39 is 0 Å². The van der Waals surface area contributed by atoms with Crippen LogP contribution in [0, 0.1) is 6.92 Å². The number of pyridine rings is 1. The van der Waals surface area contributed by atoms with Crippen LogP contribution in [0.2, 0.25) is 0 Å². The highest BCUT2D eigenvalue weighted by Gasteiger charge is 2.05. The zero-order valence-corrected chi connectivity index (χ0v) is 10.9. The maximum absolute atomic E-state index is 5.64. The average Bonchev–Trinajstić information content (AvgIpc) is 2.73. The fourth-order valence-corrected chi connectivity index (χ4v) is 2.33. The third-order valence-electron chi connectivity index (χ3n) is 2.21. The number of aryl methyl sites for hydroxylation is 1. The van der Waals surface area contributed by atoms with Crippen LogP contribution in [0.1, 0.15) is 15.4 Å². The second-order valence-corrected chi connectivity index (χ2v) is 5.24. The third-order valence-corrected chi connectivity index (χ3v) is 3.34. The minimum Gasteiger partial charge on any atom is -0.389 e. The molecule has 0 fully saturated rings. The molecule has 0 saturated carbocycles. The highest BCUT2D eigenvalue weighted by molar-refractivity contribution is 7.80. The topological polar surface area (TPSA) is 63.8 Å². The lowest BCUT2D eigenvalue weighted by Gasteiger charge is -2.08. The number of hydrogen-bond donors (Lipinski definition) is 2. The molecule has 0 amide bonds. The van der Waals surface area contributed by atoms with Crippen LogP contribution in [0.3, 0.4) is 0 Å². The zero-order chi connectivity index (χ0) is 12.3. The van der Waals surface area contributed by atoms with E-state index in [2.05, 4.69) is 15.3 Å². The number of nitrogens with zero attached hydrogens (tertiary/aromatic N) is 2. The Labute approximate surface area is 109 Å². The van der Waals surface area contributed by atoms with E-state index in [4.69, 9.17) is 18.0 Å². The van der Waals surface area contributed by atoms with Gasteiger partial charge in [-0.2, -0.15) is 0 Å². The van der Waals surface area contributed by atoms with Gasteiger partial charge in [-0.15, -0.1) is 11.3 Å². The molecule has 2 heterocycles. The standard InChI is InChI=1S/C11H12N4S2/c1-7-14-4-8(17-7)5-15-10-6-13-3-2-9(10)11(12)16/h2-4,6,15H,5H2,1H3,(H2,12,16). The van der Waals surface area contributed by atoms with E-state index in [0.717, 1.165) is 16.3 Å². The van der Waals surface area contributed by atoms with Gasteiger partial charge in [0, 0.05) is 22.8 Å². The van der Waals surface area contributed by atoms with Gasteiger partial charge in [0.15, 0.2) is 0 Å². The average molecular weight is 264 g/mol. The molecule has 4 nitrogen and oxygen atoms in total. The summed E-state index contributed by atoms with van der Waals surface area (Å²) in [6, 6.07) is 1.81. The summed E-state index contributed by atoms with van der Waals surface area (Å²) in [5, 5.41) is 4.32. The quantitative estimate of drug-likeness (QED) is 0.828. The first kappa shape index (κ1) is 11.9. The molecule has 0 aliphatic carbocycles. The van der Waals surface area contributed by atoms with Crippen molar-refractivity contribution in [3.63, 3.8) is 0 Å². The Morgan fingerprint density at radius 1 is 1.53 bits per heavy atom. The van der Waals surface area contributed by atoms with Gasteiger partial charge >= 0.3 is 0 Å². The van der Waals surface area contributed by atoms with Crippen molar-refractivity contribution in [2.24, 2.45) is 5.73 Å². The summed E-state index contributed by atoms with van der Waals surface area (Å²) in [5.41, 5.74) is 7.31. The molecule has 0 bridgehead atoms. The normalized spacial score (nSPS) is 10.2. The number of aromatic nitrogens is 2. The van der Waals surface area contributed by atoms with Crippen LogP contribution in [-0.2, 0) is 6.54 Å². The maximum atomic E-state index is 5.64. The Morgan fingerprint density at radius 3 is 3.00 bits per heavy atom. The molecule has 0 aliphatic heterocycles. The molecule has 2 rings (SSSR count). The number of nitrogens with one attached hydrogen (secondary N) is 1. The molecule has 0 atom stereocenters. The van der Waals surface area contributed by atoms with Crippen molar-refractivity contribution in [1.82, 2.24) is 9.97 Å². The summed E-state index contributed by atoms with van der Waals surface area (Å²) >= 11 is 6.65. The summed E-state index contributed by atoms with van der Waals surface area (Å²) in [6.45, 7) is 2.69. The van der Waals surface area contributed by atoms with Gasteiger partial charge in [0.2, 0.25) is 0 Å². The number of thiazole rings is 1. The molecule has 2 aromatic rings. The zero-order valence-electron chi connectivity index (χ0n) is 9.30. The minimum absolute atomic E-state index is 0.371. The predicted molar refractivity (Wildman–Crippen MR) is 74.3 cm³/mol. The monoisotopic (exact) mass is 264 g/mol. The SMILES string of the molecule is Cc1ncc(CNc2cnccc2C(N)=S)s1. The third kappa shape index (κ3) is 2.98. The summed E-state index contributed by atoms with van der Waals surface area (Å²) in [4.78, 5) is 9.79. The Balaban J connectivity index is 2.11. The van der Waals surface area contributed by atoms with E-state index in [1.807, 2.05) is 19.2 Å². The van der Waals surface area contributed by atoms with Crippen molar-refractivity contribution in [2.75, 3.05) is 5.32 Å². The van der Waals surface area contributed by atoms with Gasteiger partial charge in [-0.3, -0.25) is 4.98 Å². The van der Waals surface area contributed by atoms with Crippen molar-refractivity contribution < 1.29 is 0 Å². The number of nitrogens with two attached hydrogens (primary N) is 1. The molecular weight excluding hydrogens is 252 g/mol. The van der Waals surface area contributed by atoms with E-state index in [0.29, 0.717) is 11.5 Å². The first-order valence-electron chi connectivity index (χ1n) is 5.06. The van der Waals surface area contributed by atoms with Crippen LogP contribution >= 0.6 is 23.6 Å². The van der Waals surface area contributed by atoms with Crippen LogP contribution in [0.15, 0.2) is 24.7 Å². The lowest BCUT2D eigenvalue weighted by molar-refractivity contribution is 1.15. The largest absolute Gasteiger partial charge is 0.389 e. The molecule has 0 aromatic carbocycles. The molecule has 0 radical (unpaired) electrons. The number of thiocarbonyl (C=S) groups is 1. The Kier molecular flexibility index (Phi) is 3.65. The highest BCUT2D eigenvalue weighted by atomic mass is 32.1. The molecule has 88 valence electrons. The van der Waals surface area contributed by atoms with Crippen LogP contribution < -0.4 is 11.1 Å². The molecule has 17 heavy (non-hydrogen) atoms. The van der Waals surface area contributed by atoms with Crippen molar-refractivity contribution in [3.8, 4) is 0 Å². The van der Waals surface area contributed by atoms with Crippen LogP contribution in [-0.4, -0.2) is 15.0 Å². The fraction of sp³-hybridized carbons (Fsp3) is 0.182. The molecular formula is C11H12N4S2. The van der Waals surface area contributed by atoms with Crippen LogP contribution in [0.5, 0.6) is 0 Å². The Bertz CT molecular complexity index is 536. The first-order valence-corrected chi connectivity index (χ1v) is 6.28. The van der Waals surface area contributed by atoms with Crippen LogP contribution in [0.25, 0.3) is 0 Å². The van der Waals surface area contributed by atoms with Gasteiger partial charge in [-0.25, -0.2) is 4.98 Å². The van der Waals surface area contributed by atoms with Crippen molar-refractivity contribution in [1.29, 1.82) is 0 Å². The van der Waals surface area contributed by atoms with E-state index in [1.54, 1.807) is 23.7 Å². The van der Waals surface area contributed by atoms with Gasteiger partial charge in [-0.05, 0) is 13.0 Å². The lowest BCUT2D eigenvalue weighted by atomic mass is 10.2.